The largest absolute Gasteiger partial charge is 0.480 e. The van der Waals surface area contributed by atoms with E-state index in [-0.39, 0.29) is 12.2 Å². The van der Waals surface area contributed by atoms with Gasteiger partial charge in [-0.15, -0.1) is 0 Å². The third kappa shape index (κ3) is 2.48. The van der Waals surface area contributed by atoms with Crippen LogP contribution in [0.15, 0.2) is 60.7 Å². The minimum atomic E-state index is -1.33. The first-order valence-electron chi connectivity index (χ1n) is 6.41. The molecule has 0 heterocycles. The number of rotatable bonds is 5. The number of carboxylic acids is 1. The Labute approximate surface area is 117 Å². The number of hydrogen-bond acceptors (Lipinski definition) is 2. The van der Waals surface area contributed by atoms with Crippen LogP contribution in [0.4, 0.5) is 0 Å². The van der Waals surface area contributed by atoms with Crippen LogP contribution >= 0.6 is 0 Å². The average molecular weight is 268 g/mol. The number of aliphatic carboxylic acids is 1. The van der Waals surface area contributed by atoms with Crippen molar-refractivity contribution in [3.8, 4) is 0 Å². The van der Waals surface area contributed by atoms with Gasteiger partial charge in [-0.1, -0.05) is 60.7 Å². The quantitative estimate of drug-likeness (QED) is 0.906. The number of ketones is 1. The number of benzene rings is 2. The van der Waals surface area contributed by atoms with Crippen LogP contribution in [0.1, 0.15) is 24.5 Å². The van der Waals surface area contributed by atoms with Gasteiger partial charge in [-0.2, -0.15) is 0 Å². The SMILES string of the molecule is CC(=O)CC(C(=O)O)(c1ccccc1)c1ccccc1. The molecule has 0 spiro atoms. The van der Waals surface area contributed by atoms with Gasteiger partial charge in [0.15, 0.2) is 0 Å². The monoisotopic (exact) mass is 268 g/mol. The molecule has 0 saturated heterocycles. The maximum atomic E-state index is 12.0. The van der Waals surface area contributed by atoms with E-state index >= 15 is 0 Å². The summed E-state index contributed by atoms with van der Waals surface area (Å²) in [6.07, 6.45) is -0.0592. The second kappa shape index (κ2) is 5.70. The lowest BCUT2D eigenvalue weighted by atomic mass is 9.71. The zero-order valence-corrected chi connectivity index (χ0v) is 11.2. The molecule has 0 amide bonds. The van der Waals surface area contributed by atoms with E-state index in [1.807, 2.05) is 12.1 Å². The molecule has 0 aliphatic carbocycles. The minimum Gasteiger partial charge on any atom is -0.480 e. The first kappa shape index (κ1) is 14.0. The Kier molecular flexibility index (Phi) is 3.99. The van der Waals surface area contributed by atoms with Gasteiger partial charge in [-0.3, -0.25) is 9.59 Å². The van der Waals surface area contributed by atoms with Crippen LogP contribution < -0.4 is 0 Å². The number of Topliss-reactive ketones (excluding diaryl/α,β-unsaturated/α-hetero) is 1. The summed E-state index contributed by atoms with van der Waals surface area (Å²) in [6.45, 7) is 1.42. The number of hydrogen-bond donors (Lipinski definition) is 1. The summed E-state index contributed by atoms with van der Waals surface area (Å²) in [5, 5.41) is 9.83. The molecule has 3 nitrogen and oxygen atoms in total. The van der Waals surface area contributed by atoms with E-state index in [0.717, 1.165) is 0 Å². The van der Waals surface area contributed by atoms with Crippen LogP contribution in [0.5, 0.6) is 0 Å². The van der Waals surface area contributed by atoms with Crippen LogP contribution in [-0.4, -0.2) is 16.9 Å². The molecule has 0 saturated carbocycles. The molecule has 0 unspecified atom stereocenters. The van der Waals surface area contributed by atoms with Gasteiger partial charge in [-0.05, 0) is 18.1 Å². The third-order valence-corrected chi connectivity index (χ3v) is 3.41. The predicted octanol–water partition coefficient (Wildman–Crippen LogP) is 3.04. The van der Waals surface area contributed by atoms with Gasteiger partial charge in [0.25, 0.3) is 0 Å². The molecular weight excluding hydrogens is 252 g/mol. The fourth-order valence-corrected chi connectivity index (χ4v) is 2.51. The summed E-state index contributed by atoms with van der Waals surface area (Å²) in [6, 6.07) is 17.8. The van der Waals surface area contributed by atoms with Gasteiger partial charge >= 0.3 is 5.97 Å². The van der Waals surface area contributed by atoms with E-state index in [4.69, 9.17) is 0 Å². The Hall–Kier alpha value is -2.42. The molecule has 0 aliphatic heterocycles. The van der Waals surface area contributed by atoms with Crippen molar-refractivity contribution < 1.29 is 14.7 Å². The summed E-state index contributed by atoms with van der Waals surface area (Å²) in [4.78, 5) is 23.7. The summed E-state index contributed by atoms with van der Waals surface area (Å²) in [5.74, 6) is -1.16. The molecule has 2 aromatic carbocycles. The third-order valence-electron chi connectivity index (χ3n) is 3.41. The standard InChI is InChI=1S/C17H16O3/c1-13(18)12-17(16(19)20,14-8-4-2-5-9-14)15-10-6-3-7-11-15/h2-11H,12H2,1H3,(H,19,20). The molecule has 0 atom stereocenters. The Balaban J connectivity index is 2.69. The number of carboxylic acid groups (broad SMARTS) is 1. The van der Waals surface area contributed by atoms with E-state index in [1.165, 1.54) is 6.92 Å². The first-order valence-corrected chi connectivity index (χ1v) is 6.41. The lowest BCUT2D eigenvalue weighted by Gasteiger charge is -2.29. The van der Waals surface area contributed by atoms with Gasteiger partial charge in [0, 0.05) is 6.42 Å². The van der Waals surface area contributed by atoms with Crippen LogP contribution in [0.2, 0.25) is 0 Å². The molecule has 2 rings (SSSR count). The van der Waals surface area contributed by atoms with E-state index in [1.54, 1.807) is 48.5 Å². The van der Waals surface area contributed by atoms with Gasteiger partial charge < -0.3 is 5.11 Å². The van der Waals surface area contributed by atoms with Crippen molar-refractivity contribution in [2.24, 2.45) is 0 Å². The van der Waals surface area contributed by atoms with Crippen molar-refractivity contribution in [2.75, 3.05) is 0 Å². The van der Waals surface area contributed by atoms with Crippen LogP contribution in [0.3, 0.4) is 0 Å². The molecular formula is C17H16O3. The lowest BCUT2D eigenvalue weighted by molar-refractivity contribution is -0.144. The molecule has 0 radical (unpaired) electrons. The lowest BCUT2D eigenvalue weighted by Crippen LogP contribution is -2.39. The predicted molar refractivity (Wildman–Crippen MR) is 76.6 cm³/mol. The van der Waals surface area contributed by atoms with Crippen molar-refractivity contribution in [3.05, 3.63) is 71.8 Å². The highest BCUT2D eigenvalue weighted by atomic mass is 16.4. The summed E-state index contributed by atoms with van der Waals surface area (Å²) in [7, 11) is 0. The fourth-order valence-electron chi connectivity index (χ4n) is 2.51. The zero-order chi connectivity index (χ0) is 14.6. The van der Waals surface area contributed by atoms with E-state index < -0.39 is 11.4 Å². The highest BCUT2D eigenvalue weighted by Gasteiger charge is 2.43. The maximum absolute atomic E-state index is 12.0. The molecule has 0 fully saturated rings. The smallest absolute Gasteiger partial charge is 0.319 e. The topological polar surface area (TPSA) is 54.4 Å². The Morgan fingerprint density at radius 1 is 0.900 bits per heavy atom. The van der Waals surface area contributed by atoms with Crippen LogP contribution in [-0.2, 0) is 15.0 Å². The Bertz CT molecular complexity index is 563. The van der Waals surface area contributed by atoms with Crippen LogP contribution in [0, 0.1) is 0 Å². The van der Waals surface area contributed by atoms with E-state index in [2.05, 4.69) is 0 Å². The zero-order valence-electron chi connectivity index (χ0n) is 11.2. The van der Waals surface area contributed by atoms with Crippen molar-refractivity contribution in [2.45, 2.75) is 18.8 Å². The fraction of sp³-hybridized carbons (Fsp3) is 0.176. The molecule has 3 heteroatoms. The summed E-state index contributed by atoms with van der Waals surface area (Å²) in [5.41, 5.74) is -0.0863. The summed E-state index contributed by atoms with van der Waals surface area (Å²) < 4.78 is 0. The van der Waals surface area contributed by atoms with Crippen molar-refractivity contribution in [3.63, 3.8) is 0 Å². The van der Waals surface area contributed by atoms with Crippen molar-refractivity contribution in [1.82, 2.24) is 0 Å². The minimum absolute atomic E-state index is 0.0592. The van der Waals surface area contributed by atoms with Crippen molar-refractivity contribution >= 4 is 11.8 Å². The molecule has 20 heavy (non-hydrogen) atoms. The average Bonchev–Trinajstić information content (AvgIpc) is 2.46. The molecule has 0 aliphatic rings. The van der Waals surface area contributed by atoms with Gasteiger partial charge in [0.05, 0.1) is 0 Å². The van der Waals surface area contributed by atoms with E-state index in [0.29, 0.717) is 11.1 Å². The highest BCUT2D eigenvalue weighted by Crippen LogP contribution is 2.36. The molecule has 1 N–H and O–H groups in total. The summed E-state index contributed by atoms with van der Waals surface area (Å²) >= 11 is 0. The number of carbonyl (C=O) groups is 2. The molecule has 2 aromatic rings. The molecule has 0 bridgehead atoms. The Morgan fingerprint density at radius 2 is 1.30 bits per heavy atom. The van der Waals surface area contributed by atoms with E-state index in [9.17, 15) is 14.7 Å². The molecule has 0 aromatic heterocycles. The normalized spacial score (nSPS) is 11.1. The first-order chi connectivity index (χ1) is 9.57. The second-order valence-corrected chi connectivity index (χ2v) is 4.82. The van der Waals surface area contributed by atoms with Gasteiger partial charge in [0.2, 0.25) is 0 Å². The highest BCUT2D eigenvalue weighted by molar-refractivity contribution is 5.92. The number of carbonyl (C=O) groups excluding carboxylic acids is 1. The van der Waals surface area contributed by atoms with Gasteiger partial charge in [-0.25, -0.2) is 0 Å². The maximum Gasteiger partial charge on any atom is 0.319 e. The Morgan fingerprint density at radius 3 is 1.60 bits per heavy atom. The van der Waals surface area contributed by atoms with Gasteiger partial charge in [0.1, 0.15) is 11.2 Å². The molecule has 102 valence electrons. The van der Waals surface area contributed by atoms with Crippen LogP contribution in [0.25, 0.3) is 0 Å². The van der Waals surface area contributed by atoms with Crippen molar-refractivity contribution in [1.29, 1.82) is 0 Å². The second-order valence-electron chi connectivity index (χ2n) is 4.82.